The van der Waals surface area contributed by atoms with Gasteiger partial charge in [0, 0.05) is 10.7 Å². The van der Waals surface area contributed by atoms with Gasteiger partial charge in [-0.2, -0.15) is 5.26 Å². The van der Waals surface area contributed by atoms with Gasteiger partial charge in [0.05, 0.1) is 10.0 Å². The fraction of sp³-hybridized carbons (Fsp3) is 0.105. The first-order valence-corrected chi connectivity index (χ1v) is 8.87. The van der Waals surface area contributed by atoms with Crippen molar-refractivity contribution >= 4 is 58.4 Å². The molecule has 2 rings (SSSR count). The number of carbonyl (C=O) groups excluding carboxylic acids is 1. The number of carboxylic acid groups (broad SMARTS) is 1. The first kappa shape index (κ1) is 21.6. The van der Waals surface area contributed by atoms with Gasteiger partial charge < -0.3 is 15.2 Å². The lowest BCUT2D eigenvalue weighted by molar-refractivity contribution is -0.139. The first-order chi connectivity index (χ1) is 13.2. The van der Waals surface area contributed by atoms with Crippen LogP contribution in [0.5, 0.6) is 5.75 Å². The van der Waals surface area contributed by atoms with Crippen LogP contribution < -0.4 is 10.1 Å². The van der Waals surface area contributed by atoms with E-state index in [9.17, 15) is 14.9 Å². The smallest absolute Gasteiger partial charge is 0.341 e. The predicted octanol–water partition coefficient (Wildman–Crippen LogP) is 4.96. The number of aryl methyl sites for hydroxylation is 1. The van der Waals surface area contributed by atoms with Crippen molar-refractivity contribution in [2.45, 2.75) is 6.92 Å². The van der Waals surface area contributed by atoms with E-state index in [1.165, 1.54) is 18.2 Å². The largest absolute Gasteiger partial charge is 0.479 e. The van der Waals surface area contributed by atoms with Gasteiger partial charge in [0.25, 0.3) is 5.91 Å². The van der Waals surface area contributed by atoms with Crippen molar-refractivity contribution in [1.29, 1.82) is 5.26 Å². The number of aliphatic carboxylic acids is 1. The summed E-state index contributed by atoms with van der Waals surface area (Å²) in [5.41, 5.74) is 1.44. The molecule has 2 aromatic rings. The quantitative estimate of drug-likeness (QED) is 0.489. The Labute approximate surface area is 175 Å². The van der Waals surface area contributed by atoms with E-state index in [1.807, 2.05) is 6.07 Å². The Morgan fingerprint density at radius 3 is 2.43 bits per heavy atom. The fourth-order valence-corrected chi connectivity index (χ4v) is 2.95. The van der Waals surface area contributed by atoms with Crippen molar-refractivity contribution in [3.8, 4) is 11.8 Å². The summed E-state index contributed by atoms with van der Waals surface area (Å²) in [5, 5.41) is 21.2. The zero-order valence-corrected chi connectivity index (χ0v) is 16.7. The molecule has 2 N–H and O–H groups in total. The summed E-state index contributed by atoms with van der Waals surface area (Å²) < 4.78 is 5.03. The Morgan fingerprint density at radius 2 is 1.86 bits per heavy atom. The molecule has 28 heavy (non-hydrogen) atoms. The van der Waals surface area contributed by atoms with Gasteiger partial charge >= 0.3 is 5.97 Å². The minimum atomic E-state index is -1.18. The van der Waals surface area contributed by atoms with Gasteiger partial charge in [-0.1, -0.05) is 40.9 Å². The molecule has 0 bridgehead atoms. The maximum atomic E-state index is 12.4. The molecular formula is C19H13Cl3N2O4. The van der Waals surface area contributed by atoms with E-state index in [0.29, 0.717) is 16.3 Å². The van der Waals surface area contributed by atoms with Crippen molar-refractivity contribution in [1.82, 2.24) is 0 Å². The number of benzene rings is 2. The molecule has 0 radical (unpaired) electrons. The van der Waals surface area contributed by atoms with E-state index in [-0.39, 0.29) is 21.4 Å². The summed E-state index contributed by atoms with van der Waals surface area (Å²) in [6.45, 7) is 1.18. The number of nitrogens with one attached hydrogen (secondary N) is 1. The van der Waals surface area contributed by atoms with Crippen LogP contribution in [0, 0.1) is 18.3 Å². The number of carboxylic acids is 1. The molecule has 0 aliphatic carbocycles. The minimum absolute atomic E-state index is 0.000365. The fourth-order valence-electron chi connectivity index (χ4n) is 2.17. The average Bonchev–Trinajstić information content (AvgIpc) is 2.61. The first-order valence-electron chi connectivity index (χ1n) is 7.74. The molecule has 6 nitrogen and oxygen atoms in total. The number of anilines is 1. The molecule has 9 heteroatoms. The van der Waals surface area contributed by atoms with Crippen LogP contribution in [0.25, 0.3) is 6.08 Å². The average molecular weight is 440 g/mol. The van der Waals surface area contributed by atoms with Crippen LogP contribution in [-0.2, 0) is 9.59 Å². The second kappa shape index (κ2) is 9.47. The van der Waals surface area contributed by atoms with Gasteiger partial charge in [0.15, 0.2) is 12.4 Å². The van der Waals surface area contributed by atoms with Crippen LogP contribution in [0.15, 0.2) is 35.9 Å². The van der Waals surface area contributed by atoms with Crippen LogP contribution in [0.2, 0.25) is 15.1 Å². The summed E-state index contributed by atoms with van der Waals surface area (Å²) in [4.78, 5) is 23.0. The number of amides is 1. The van der Waals surface area contributed by atoms with Gasteiger partial charge in [0.1, 0.15) is 11.6 Å². The van der Waals surface area contributed by atoms with Crippen LogP contribution in [-0.4, -0.2) is 23.6 Å². The maximum Gasteiger partial charge on any atom is 0.341 e. The zero-order chi connectivity index (χ0) is 20.8. The van der Waals surface area contributed by atoms with Crippen LogP contribution in [0.3, 0.4) is 0 Å². The molecule has 2 aromatic carbocycles. The number of carbonyl (C=O) groups is 2. The third-order valence-corrected chi connectivity index (χ3v) is 4.28. The van der Waals surface area contributed by atoms with E-state index in [2.05, 4.69) is 5.32 Å². The van der Waals surface area contributed by atoms with Crippen molar-refractivity contribution in [2.75, 3.05) is 11.9 Å². The molecule has 0 atom stereocenters. The summed E-state index contributed by atoms with van der Waals surface area (Å²) in [6, 6.07) is 9.63. The Hall–Kier alpha value is -2.72. The number of hydrogen-bond donors (Lipinski definition) is 2. The lowest BCUT2D eigenvalue weighted by Gasteiger charge is -2.10. The van der Waals surface area contributed by atoms with E-state index < -0.39 is 18.5 Å². The maximum absolute atomic E-state index is 12.4. The monoisotopic (exact) mass is 438 g/mol. The Bertz CT molecular complexity index is 990. The number of halogens is 3. The Balaban J connectivity index is 2.28. The molecule has 0 saturated carbocycles. The van der Waals surface area contributed by atoms with Gasteiger partial charge in [-0.3, -0.25) is 4.79 Å². The SMILES string of the molecule is Cc1ccc(Cl)cc1NC(=O)/C(C#N)=C/c1cc(Cl)c(OCC(=O)O)c(Cl)c1. The van der Waals surface area contributed by atoms with Gasteiger partial charge in [-0.15, -0.1) is 0 Å². The minimum Gasteiger partial charge on any atom is -0.479 e. The van der Waals surface area contributed by atoms with Crippen molar-refractivity contribution in [2.24, 2.45) is 0 Å². The van der Waals surface area contributed by atoms with Crippen LogP contribution >= 0.6 is 34.8 Å². The summed E-state index contributed by atoms with van der Waals surface area (Å²) in [7, 11) is 0. The van der Waals surface area contributed by atoms with Gasteiger partial charge in [0.2, 0.25) is 0 Å². The highest BCUT2D eigenvalue weighted by Crippen LogP contribution is 2.35. The third kappa shape index (κ3) is 5.64. The molecule has 0 aromatic heterocycles. The van der Waals surface area contributed by atoms with Crippen LogP contribution in [0.1, 0.15) is 11.1 Å². The Kier molecular flexibility index (Phi) is 7.30. The number of ether oxygens (including phenoxy) is 1. The summed E-state index contributed by atoms with van der Waals surface area (Å²) in [5.74, 6) is -1.82. The summed E-state index contributed by atoms with van der Waals surface area (Å²) in [6.07, 6.45) is 1.30. The number of rotatable bonds is 6. The molecule has 1 amide bonds. The topological polar surface area (TPSA) is 99.4 Å². The Morgan fingerprint density at radius 1 is 1.21 bits per heavy atom. The molecule has 0 aliphatic rings. The molecule has 0 saturated heterocycles. The molecule has 144 valence electrons. The second-order valence-electron chi connectivity index (χ2n) is 5.58. The number of nitrogens with zero attached hydrogens (tertiary/aromatic N) is 1. The number of hydrogen-bond acceptors (Lipinski definition) is 4. The van der Waals surface area contributed by atoms with E-state index in [4.69, 9.17) is 44.6 Å². The highest BCUT2D eigenvalue weighted by molar-refractivity contribution is 6.37. The molecule has 0 aliphatic heterocycles. The highest BCUT2D eigenvalue weighted by Gasteiger charge is 2.14. The van der Waals surface area contributed by atoms with Crippen molar-refractivity contribution in [3.05, 3.63) is 62.1 Å². The lowest BCUT2D eigenvalue weighted by Crippen LogP contribution is -2.14. The lowest BCUT2D eigenvalue weighted by atomic mass is 10.1. The molecular weight excluding hydrogens is 427 g/mol. The van der Waals surface area contributed by atoms with E-state index >= 15 is 0 Å². The number of nitriles is 1. The zero-order valence-electron chi connectivity index (χ0n) is 14.4. The molecule has 0 fully saturated rings. The molecule has 0 heterocycles. The molecule has 0 spiro atoms. The molecule has 0 unspecified atom stereocenters. The summed E-state index contributed by atoms with van der Waals surface area (Å²) >= 11 is 18.1. The second-order valence-corrected chi connectivity index (χ2v) is 6.83. The van der Waals surface area contributed by atoms with Gasteiger partial charge in [-0.25, -0.2) is 4.79 Å². The predicted molar refractivity (Wildman–Crippen MR) is 108 cm³/mol. The third-order valence-electron chi connectivity index (χ3n) is 3.48. The van der Waals surface area contributed by atoms with Crippen molar-refractivity contribution < 1.29 is 19.4 Å². The highest BCUT2D eigenvalue weighted by atomic mass is 35.5. The van der Waals surface area contributed by atoms with Gasteiger partial charge in [-0.05, 0) is 48.4 Å². The standard InChI is InChI=1S/C19H13Cl3N2O4/c1-10-2-3-13(20)7-16(10)24-19(27)12(8-23)4-11-5-14(21)18(15(22)6-11)28-9-17(25)26/h2-7H,9H2,1H3,(H,24,27)(H,25,26)/b12-4+. The van der Waals surface area contributed by atoms with Crippen LogP contribution in [0.4, 0.5) is 5.69 Å². The van der Waals surface area contributed by atoms with E-state index in [0.717, 1.165) is 5.56 Å². The van der Waals surface area contributed by atoms with E-state index in [1.54, 1.807) is 25.1 Å². The van der Waals surface area contributed by atoms with Crippen molar-refractivity contribution in [3.63, 3.8) is 0 Å². The normalized spacial score (nSPS) is 10.9.